The number of aromatic amines is 1. The molecule has 0 aliphatic carbocycles. The fraction of sp³-hybridized carbons (Fsp3) is 0.500. The van der Waals surface area contributed by atoms with Gasteiger partial charge in [0, 0.05) is 5.69 Å². The highest BCUT2D eigenvalue weighted by Gasteiger charge is 2.24. The second-order valence-electron chi connectivity index (χ2n) is 3.94. The smallest absolute Gasteiger partial charge is 0.326 e. The van der Waals surface area contributed by atoms with Gasteiger partial charge in [0.05, 0.1) is 11.8 Å². The third-order valence-corrected chi connectivity index (χ3v) is 2.29. The zero-order valence-corrected chi connectivity index (χ0v) is 9.44. The van der Waals surface area contributed by atoms with Crippen molar-refractivity contribution >= 4 is 11.9 Å². The maximum absolute atomic E-state index is 11.7. The number of H-pyrrole nitrogens is 1. The summed E-state index contributed by atoms with van der Waals surface area (Å²) in [6.45, 7) is 5.18. The SMILES string of the molecule is Cc1[nH]ncc1C(=O)N[C@@H](C(=O)O)C(C)C. The molecule has 0 aromatic carbocycles. The minimum absolute atomic E-state index is 0.173. The van der Waals surface area contributed by atoms with Gasteiger partial charge in [-0.2, -0.15) is 5.10 Å². The first-order valence-corrected chi connectivity index (χ1v) is 4.97. The number of aliphatic carboxylic acids is 1. The van der Waals surface area contributed by atoms with E-state index in [9.17, 15) is 9.59 Å². The van der Waals surface area contributed by atoms with Crippen LogP contribution in [-0.4, -0.2) is 33.2 Å². The standard InChI is InChI=1S/C10H15N3O3/c1-5(2)8(10(15)16)12-9(14)7-4-11-13-6(7)3/h4-5,8H,1-3H3,(H,11,13)(H,12,14)(H,15,16)/t8-/m1/s1. The molecule has 3 N–H and O–H groups in total. The van der Waals surface area contributed by atoms with Gasteiger partial charge in [0.1, 0.15) is 6.04 Å². The van der Waals surface area contributed by atoms with Crippen LogP contribution in [0.25, 0.3) is 0 Å². The van der Waals surface area contributed by atoms with Crippen LogP contribution in [0.3, 0.4) is 0 Å². The molecule has 16 heavy (non-hydrogen) atoms. The van der Waals surface area contributed by atoms with Gasteiger partial charge in [0.25, 0.3) is 5.91 Å². The number of carbonyl (C=O) groups excluding carboxylic acids is 1. The van der Waals surface area contributed by atoms with E-state index in [2.05, 4.69) is 15.5 Å². The number of rotatable bonds is 4. The summed E-state index contributed by atoms with van der Waals surface area (Å²) in [4.78, 5) is 22.6. The second kappa shape index (κ2) is 4.78. The van der Waals surface area contributed by atoms with E-state index in [-0.39, 0.29) is 5.92 Å². The van der Waals surface area contributed by atoms with Crippen LogP contribution in [0.5, 0.6) is 0 Å². The highest BCUT2D eigenvalue weighted by molar-refractivity contribution is 5.97. The van der Waals surface area contributed by atoms with E-state index in [0.717, 1.165) is 0 Å². The van der Waals surface area contributed by atoms with Crippen molar-refractivity contribution in [3.63, 3.8) is 0 Å². The Hall–Kier alpha value is -1.85. The lowest BCUT2D eigenvalue weighted by Crippen LogP contribution is -2.44. The summed E-state index contributed by atoms with van der Waals surface area (Å²) in [7, 11) is 0. The zero-order chi connectivity index (χ0) is 12.3. The normalized spacial score (nSPS) is 12.5. The predicted octanol–water partition coefficient (Wildman–Crippen LogP) is 0.557. The summed E-state index contributed by atoms with van der Waals surface area (Å²) >= 11 is 0. The number of hydrogen-bond donors (Lipinski definition) is 3. The number of nitrogens with zero attached hydrogens (tertiary/aromatic N) is 1. The first-order valence-electron chi connectivity index (χ1n) is 4.97. The Morgan fingerprint density at radius 2 is 2.12 bits per heavy atom. The van der Waals surface area contributed by atoms with E-state index in [1.54, 1.807) is 20.8 Å². The van der Waals surface area contributed by atoms with E-state index >= 15 is 0 Å². The summed E-state index contributed by atoms with van der Waals surface area (Å²) in [6.07, 6.45) is 1.38. The lowest BCUT2D eigenvalue weighted by Gasteiger charge is -2.17. The fourth-order valence-corrected chi connectivity index (χ4v) is 1.31. The molecule has 0 saturated heterocycles. The molecular formula is C10H15N3O3. The molecule has 1 heterocycles. The summed E-state index contributed by atoms with van der Waals surface area (Å²) in [5.41, 5.74) is 0.984. The first-order chi connectivity index (χ1) is 7.43. The highest BCUT2D eigenvalue weighted by atomic mass is 16.4. The van der Waals surface area contributed by atoms with Crippen molar-refractivity contribution in [3.8, 4) is 0 Å². The Labute approximate surface area is 93.1 Å². The molecule has 6 nitrogen and oxygen atoms in total. The number of carboxylic acids is 1. The zero-order valence-electron chi connectivity index (χ0n) is 9.44. The number of nitrogens with one attached hydrogen (secondary N) is 2. The van der Waals surface area contributed by atoms with Crippen molar-refractivity contribution in [3.05, 3.63) is 17.5 Å². The van der Waals surface area contributed by atoms with Crippen molar-refractivity contribution in [1.29, 1.82) is 0 Å². The first kappa shape index (κ1) is 12.2. The quantitative estimate of drug-likeness (QED) is 0.697. The molecule has 1 atom stereocenters. The van der Waals surface area contributed by atoms with Crippen molar-refractivity contribution in [1.82, 2.24) is 15.5 Å². The highest BCUT2D eigenvalue weighted by Crippen LogP contribution is 2.06. The molecule has 1 amide bonds. The number of aryl methyl sites for hydroxylation is 1. The minimum atomic E-state index is -1.04. The average Bonchev–Trinajstić information content (AvgIpc) is 2.59. The number of carbonyl (C=O) groups is 2. The maximum Gasteiger partial charge on any atom is 0.326 e. The molecule has 1 rings (SSSR count). The lowest BCUT2D eigenvalue weighted by atomic mass is 10.0. The van der Waals surface area contributed by atoms with Gasteiger partial charge in [0.15, 0.2) is 0 Å². The molecule has 0 bridgehead atoms. The molecule has 88 valence electrons. The summed E-state index contributed by atoms with van der Waals surface area (Å²) in [5.74, 6) is -1.63. The van der Waals surface area contributed by atoms with Gasteiger partial charge in [-0.15, -0.1) is 0 Å². The Bertz CT molecular complexity index is 398. The van der Waals surface area contributed by atoms with Crippen LogP contribution in [-0.2, 0) is 4.79 Å². The van der Waals surface area contributed by atoms with Crippen molar-refractivity contribution in [2.75, 3.05) is 0 Å². The van der Waals surface area contributed by atoms with Gasteiger partial charge in [0.2, 0.25) is 0 Å². The molecule has 0 aliphatic heterocycles. The molecule has 0 unspecified atom stereocenters. The van der Waals surface area contributed by atoms with Gasteiger partial charge in [-0.3, -0.25) is 9.89 Å². The molecule has 0 aliphatic rings. The summed E-state index contributed by atoms with van der Waals surface area (Å²) in [5, 5.41) is 17.7. The molecule has 1 aromatic rings. The van der Waals surface area contributed by atoms with Gasteiger partial charge >= 0.3 is 5.97 Å². The van der Waals surface area contributed by atoms with Gasteiger partial charge < -0.3 is 10.4 Å². The largest absolute Gasteiger partial charge is 0.480 e. The molecular weight excluding hydrogens is 210 g/mol. The molecule has 0 spiro atoms. The fourth-order valence-electron chi connectivity index (χ4n) is 1.31. The minimum Gasteiger partial charge on any atom is -0.480 e. The Kier molecular flexibility index (Phi) is 3.65. The van der Waals surface area contributed by atoms with Crippen molar-refractivity contribution < 1.29 is 14.7 Å². The van der Waals surface area contributed by atoms with Crippen molar-refractivity contribution in [2.45, 2.75) is 26.8 Å². The van der Waals surface area contributed by atoms with Crippen molar-refractivity contribution in [2.24, 2.45) is 5.92 Å². The predicted molar refractivity (Wildman–Crippen MR) is 57.1 cm³/mol. The average molecular weight is 225 g/mol. The Balaban J connectivity index is 2.77. The third-order valence-electron chi connectivity index (χ3n) is 2.29. The van der Waals surface area contributed by atoms with Crippen LogP contribution in [0.1, 0.15) is 29.9 Å². The number of carboxylic acid groups (broad SMARTS) is 1. The van der Waals surface area contributed by atoms with Crippen LogP contribution in [0.15, 0.2) is 6.20 Å². The molecule has 0 radical (unpaired) electrons. The number of hydrogen-bond acceptors (Lipinski definition) is 3. The Morgan fingerprint density at radius 1 is 1.50 bits per heavy atom. The van der Waals surface area contributed by atoms with Gasteiger partial charge in [-0.05, 0) is 12.8 Å². The molecule has 0 saturated carbocycles. The van der Waals surface area contributed by atoms with Crippen LogP contribution in [0, 0.1) is 12.8 Å². The summed E-state index contributed by atoms with van der Waals surface area (Å²) in [6, 6.07) is -0.887. The summed E-state index contributed by atoms with van der Waals surface area (Å²) < 4.78 is 0. The van der Waals surface area contributed by atoms with E-state index < -0.39 is 17.9 Å². The van der Waals surface area contributed by atoms with Gasteiger partial charge in [-0.25, -0.2) is 4.79 Å². The molecule has 6 heteroatoms. The number of amides is 1. The molecule has 1 aromatic heterocycles. The van der Waals surface area contributed by atoms with E-state index in [0.29, 0.717) is 11.3 Å². The lowest BCUT2D eigenvalue weighted by molar-refractivity contribution is -0.140. The van der Waals surface area contributed by atoms with Crippen LogP contribution in [0.2, 0.25) is 0 Å². The maximum atomic E-state index is 11.7. The second-order valence-corrected chi connectivity index (χ2v) is 3.94. The van der Waals surface area contributed by atoms with E-state index in [1.165, 1.54) is 6.20 Å². The topological polar surface area (TPSA) is 95.1 Å². The van der Waals surface area contributed by atoms with Crippen LogP contribution >= 0.6 is 0 Å². The Morgan fingerprint density at radius 3 is 2.50 bits per heavy atom. The monoisotopic (exact) mass is 225 g/mol. The molecule has 0 fully saturated rings. The van der Waals surface area contributed by atoms with Gasteiger partial charge in [-0.1, -0.05) is 13.8 Å². The van der Waals surface area contributed by atoms with Crippen LogP contribution < -0.4 is 5.32 Å². The third kappa shape index (κ3) is 2.59. The number of aromatic nitrogens is 2. The van der Waals surface area contributed by atoms with Crippen LogP contribution in [0.4, 0.5) is 0 Å². The van der Waals surface area contributed by atoms with E-state index in [4.69, 9.17) is 5.11 Å². The van der Waals surface area contributed by atoms with E-state index in [1.807, 2.05) is 0 Å².